The van der Waals surface area contributed by atoms with Crippen LogP contribution in [0.3, 0.4) is 0 Å². The summed E-state index contributed by atoms with van der Waals surface area (Å²) in [5.41, 5.74) is 3.67. The van der Waals surface area contributed by atoms with Crippen LogP contribution in [0.25, 0.3) is 22.2 Å². The molecule has 3 N–H and O–H groups in total. The van der Waals surface area contributed by atoms with Crippen molar-refractivity contribution in [3.8, 4) is 16.9 Å². The largest absolute Gasteiger partial charge is 0.492 e. The molecule has 1 amide bonds. The van der Waals surface area contributed by atoms with Crippen LogP contribution in [0.5, 0.6) is 5.75 Å². The molecule has 4 rings (SSSR count). The molecule has 28 heavy (non-hydrogen) atoms. The fourth-order valence-electron chi connectivity index (χ4n) is 3.75. The summed E-state index contributed by atoms with van der Waals surface area (Å²) < 4.78 is 6.31. The lowest BCUT2D eigenvalue weighted by molar-refractivity contribution is 0.0963. The van der Waals surface area contributed by atoms with Crippen molar-refractivity contribution in [1.29, 1.82) is 0 Å². The number of aromatic nitrogens is 2. The summed E-state index contributed by atoms with van der Waals surface area (Å²) in [6, 6.07) is 9.51. The number of carbonyl (C=O) groups excluding carboxylic acids is 1. The summed E-state index contributed by atoms with van der Waals surface area (Å²) in [6.45, 7) is 5.06. The molecule has 2 aromatic heterocycles. The van der Waals surface area contributed by atoms with E-state index in [9.17, 15) is 4.79 Å². The molecular weight excluding hydrogens is 352 g/mol. The van der Waals surface area contributed by atoms with E-state index in [1.54, 1.807) is 13.2 Å². The SMILES string of the molecule is CNC(=O)c1ccc(-c2c[nH]c3nccc(OCC4(C)CCNCC4)c23)cc1. The summed E-state index contributed by atoms with van der Waals surface area (Å²) in [6.07, 6.45) is 5.95. The lowest BCUT2D eigenvalue weighted by atomic mass is 9.82. The minimum atomic E-state index is -0.0913. The Kier molecular flexibility index (Phi) is 5.05. The molecule has 3 aromatic rings. The van der Waals surface area contributed by atoms with Gasteiger partial charge >= 0.3 is 0 Å². The van der Waals surface area contributed by atoms with Crippen molar-refractivity contribution >= 4 is 16.9 Å². The van der Waals surface area contributed by atoms with Gasteiger partial charge < -0.3 is 20.4 Å². The number of nitrogens with zero attached hydrogens (tertiary/aromatic N) is 1. The zero-order valence-electron chi connectivity index (χ0n) is 16.3. The predicted octanol–water partition coefficient (Wildman–Crippen LogP) is 3.36. The lowest BCUT2D eigenvalue weighted by Gasteiger charge is -2.33. The number of benzene rings is 1. The third-order valence-corrected chi connectivity index (χ3v) is 5.61. The Labute approximate surface area is 164 Å². The van der Waals surface area contributed by atoms with Gasteiger partial charge in [-0.05, 0) is 49.7 Å². The predicted molar refractivity (Wildman–Crippen MR) is 111 cm³/mol. The van der Waals surface area contributed by atoms with Crippen molar-refractivity contribution in [2.24, 2.45) is 5.41 Å². The topological polar surface area (TPSA) is 79.0 Å². The van der Waals surface area contributed by atoms with Crippen LogP contribution in [0.2, 0.25) is 0 Å². The van der Waals surface area contributed by atoms with Crippen LogP contribution in [0.4, 0.5) is 0 Å². The number of ether oxygens (including phenoxy) is 1. The molecule has 0 spiro atoms. The van der Waals surface area contributed by atoms with Gasteiger partial charge in [-0.15, -0.1) is 0 Å². The molecule has 0 saturated carbocycles. The molecule has 0 unspecified atom stereocenters. The summed E-state index contributed by atoms with van der Waals surface area (Å²) >= 11 is 0. The standard InChI is InChI=1S/C22H26N4O2/c1-22(8-11-24-12-9-22)14-28-18-7-10-25-20-19(18)17(13-26-20)15-3-5-16(6-4-15)21(27)23-2/h3-7,10,13,24H,8-9,11-12,14H2,1-2H3,(H,23,27)(H,25,26). The Morgan fingerprint density at radius 3 is 2.68 bits per heavy atom. The van der Waals surface area contributed by atoms with Crippen LogP contribution in [0, 0.1) is 5.41 Å². The fraction of sp³-hybridized carbons (Fsp3) is 0.364. The van der Waals surface area contributed by atoms with Gasteiger partial charge in [0.2, 0.25) is 0 Å². The highest BCUT2D eigenvalue weighted by atomic mass is 16.5. The van der Waals surface area contributed by atoms with Crippen LogP contribution in [-0.4, -0.2) is 42.6 Å². The number of fused-ring (bicyclic) bond motifs is 1. The molecule has 0 radical (unpaired) electrons. The molecule has 1 aromatic carbocycles. The van der Waals surface area contributed by atoms with Gasteiger partial charge in [-0.2, -0.15) is 0 Å². The third kappa shape index (κ3) is 3.60. The van der Waals surface area contributed by atoms with E-state index in [1.165, 1.54) is 0 Å². The lowest BCUT2D eigenvalue weighted by Crippen LogP contribution is -2.38. The minimum Gasteiger partial charge on any atom is -0.492 e. The van der Waals surface area contributed by atoms with Gasteiger partial charge in [-0.25, -0.2) is 4.98 Å². The van der Waals surface area contributed by atoms with Crippen LogP contribution in [0.15, 0.2) is 42.7 Å². The quantitative estimate of drug-likeness (QED) is 0.636. The van der Waals surface area contributed by atoms with Gasteiger partial charge in [0.05, 0.1) is 12.0 Å². The number of piperidine rings is 1. The highest BCUT2D eigenvalue weighted by Gasteiger charge is 2.28. The molecule has 0 bridgehead atoms. The Morgan fingerprint density at radius 2 is 1.96 bits per heavy atom. The van der Waals surface area contributed by atoms with Crippen molar-refractivity contribution in [3.05, 3.63) is 48.3 Å². The average Bonchev–Trinajstić information content (AvgIpc) is 3.17. The monoisotopic (exact) mass is 378 g/mol. The second-order valence-electron chi connectivity index (χ2n) is 7.74. The zero-order chi connectivity index (χ0) is 19.6. The number of aromatic amines is 1. The molecule has 0 aliphatic carbocycles. The van der Waals surface area contributed by atoms with Crippen LogP contribution < -0.4 is 15.4 Å². The van der Waals surface area contributed by atoms with E-state index in [0.717, 1.165) is 53.8 Å². The zero-order valence-corrected chi connectivity index (χ0v) is 16.3. The summed E-state index contributed by atoms with van der Waals surface area (Å²) in [5.74, 6) is 0.753. The van der Waals surface area contributed by atoms with Gasteiger partial charge in [0.1, 0.15) is 11.4 Å². The van der Waals surface area contributed by atoms with Crippen LogP contribution >= 0.6 is 0 Å². The maximum atomic E-state index is 11.8. The first-order valence-electron chi connectivity index (χ1n) is 9.72. The van der Waals surface area contributed by atoms with Crippen molar-refractivity contribution in [2.75, 3.05) is 26.7 Å². The third-order valence-electron chi connectivity index (χ3n) is 5.61. The van der Waals surface area contributed by atoms with E-state index in [4.69, 9.17) is 4.74 Å². The first kappa shape index (κ1) is 18.5. The number of amides is 1. The molecule has 6 heteroatoms. The van der Waals surface area contributed by atoms with Crippen LogP contribution in [-0.2, 0) is 0 Å². The summed E-state index contributed by atoms with van der Waals surface area (Å²) in [4.78, 5) is 19.5. The van der Waals surface area contributed by atoms with Crippen molar-refractivity contribution < 1.29 is 9.53 Å². The normalized spacial score (nSPS) is 16.1. The summed E-state index contributed by atoms with van der Waals surface area (Å²) in [5, 5.41) is 7.04. The number of H-pyrrole nitrogens is 1. The molecule has 3 heterocycles. The molecular formula is C22H26N4O2. The van der Waals surface area contributed by atoms with Gasteiger partial charge in [0.15, 0.2) is 0 Å². The van der Waals surface area contributed by atoms with Gasteiger partial charge in [0, 0.05) is 36.0 Å². The number of nitrogens with one attached hydrogen (secondary N) is 3. The summed E-state index contributed by atoms with van der Waals surface area (Å²) in [7, 11) is 1.63. The second-order valence-corrected chi connectivity index (χ2v) is 7.74. The van der Waals surface area contributed by atoms with E-state index in [-0.39, 0.29) is 11.3 Å². The number of rotatable bonds is 5. The van der Waals surface area contributed by atoms with E-state index in [2.05, 4.69) is 27.5 Å². The van der Waals surface area contributed by atoms with E-state index in [1.807, 2.05) is 36.5 Å². The number of hydrogen-bond acceptors (Lipinski definition) is 4. The average molecular weight is 378 g/mol. The molecule has 1 aliphatic rings. The van der Waals surface area contributed by atoms with E-state index in [0.29, 0.717) is 12.2 Å². The number of pyridine rings is 1. The number of carbonyl (C=O) groups is 1. The Bertz CT molecular complexity index is 972. The van der Waals surface area contributed by atoms with Crippen molar-refractivity contribution in [3.63, 3.8) is 0 Å². The molecule has 146 valence electrons. The maximum absolute atomic E-state index is 11.8. The Morgan fingerprint density at radius 1 is 1.21 bits per heavy atom. The van der Waals surface area contributed by atoms with Crippen molar-refractivity contribution in [1.82, 2.24) is 20.6 Å². The molecule has 1 aliphatic heterocycles. The maximum Gasteiger partial charge on any atom is 0.251 e. The second kappa shape index (κ2) is 7.64. The Hall–Kier alpha value is -2.86. The molecule has 0 atom stereocenters. The fourth-order valence-corrected chi connectivity index (χ4v) is 3.75. The molecule has 6 nitrogen and oxygen atoms in total. The first-order valence-corrected chi connectivity index (χ1v) is 9.72. The van der Waals surface area contributed by atoms with E-state index < -0.39 is 0 Å². The molecule has 1 fully saturated rings. The first-order chi connectivity index (χ1) is 13.6. The van der Waals surface area contributed by atoms with Gasteiger partial charge in [-0.1, -0.05) is 19.1 Å². The van der Waals surface area contributed by atoms with Crippen LogP contribution in [0.1, 0.15) is 30.1 Å². The van der Waals surface area contributed by atoms with Gasteiger partial charge in [-0.3, -0.25) is 4.79 Å². The van der Waals surface area contributed by atoms with Gasteiger partial charge in [0.25, 0.3) is 5.91 Å². The Balaban J connectivity index is 1.64. The van der Waals surface area contributed by atoms with E-state index >= 15 is 0 Å². The highest BCUT2D eigenvalue weighted by Crippen LogP contribution is 2.36. The smallest absolute Gasteiger partial charge is 0.251 e. The van der Waals surface area contributed by atoms with Crippen molar-refractivity contribution in [2.45, 2.75) is 19.8 Å². The minimum absolute atomic E-state index is 0.0913. The highest BCUT2D eigenvalue weighted by molar-refractivity contribution is 5.99. The molecule has 1 saturated heterocycles. The number of hydrogen-bond donors (Lipinski definition) is 3.